The molecule has 0 aromatic carbocycles. The van der Waals surface area contributed by atoms with Crippen molar-refractivity contribution in [2.24, 2.45) is 5.92 Å². The summed E-state index contributed by atoms with van der Waals surface area (Å²) in [6.07, 6.45) is 1.45. The summed E-state index contributed by atoms with van der Waals surface area (Å²) in [6, 6.07) is 0.132. The highest BCUT2D eigenvalue weighted by Crippen LogP contribution is 2.20. The molecule has 3 saturated heterocycles. The molecule has 0 aliphatic carbocycles. The Labute approximate surface area is 187 Å². The summed E-state index contributed by atoms with van der Waals surface area (Å²) < 4.78 is 34.0. The number of aliphatic hydroxyl groups excluding tert-OH is 1. The Bertz CT molecular complexity index is 642. The van der Waals surface area contributed by atoms with E-state index >= 15 is 0 Å². The number of amides is 1. The maximum absolute atomic E-state index is 11.1. The van der Waals surface area contributed by atoms with Crippen molar-refractivity contribution in [3.05, 3.63) is 0 Å². The number of sulfonamides is 1. The highest BCUT2D eigenvalue weighted by atomic mass is 32.2. The van der Waals surface area contributed by atoms with Crippen LogP contribution in [0.1, 0.15) is 54.4 Å². The van der Waals surface area contributed by atoms with Gasteiger partial charge in [-0.15, -0.1) is 0 Å². The molecule has 0 aromatic rings. The van der Waals surface area contributed by atoms with Crippen LogP contribution in [0.25, 0.3) is 0 Å². The van der Waals surface area contributed by atoms with E-state index in [1.54, 1.807) is 9.21 Å². The highest BCUT2D eigenvalue weighted by molar-refractivity contribution is 7.89. The van der Waals surface area contributed by atoms with Crippen molar-refractivity contribution in [1.29, 1.82) is 0 Å². The Balaban J connectivity index is 0.000000233. The topological polar surface area (TPSA) is 117 Å². The number of ether oxygens (including phenoxy) is 2. The number of hydrogen-bond acceptors (Lipinski definition) is 7. The zero-order valence-corrected chi connectivity index (χ0v) is 20.7. The lowest BCUT2D eigenvalue weighted by atomic mass is 9.99. The molecule has 3 aliphatic rings. The van der Waals surface area contributed by atoms with Crippen LogP contribution >= 0.6 is 0 Å². The van der Waals surface area contributed by atoms with Gasteiger partial charge in [-0.3, -0.25) is 4.79 Å². The van der Waals surface area contributed by atoms with E-state index in [9.17, 15) is 18.3 Å². The predicted octanol–water partition coefficient (Wildman–Crippen LogP) is 0.839. The number of likely N-dealkylation sites (tertiary alicyclic amines) is 1. The van der Waals surface area contributed by atoms with E-state index in [1.165, 1.54) is 0 Å². The van der Waals surface area contributed by atoms with Gasteiger partial charge in [-0.25, -0.2) is 8.42 Å². The molecule has 0 radical (unpaired) electrons. The van der Waals surface area contributed by atoms with Gasteiger partial charge in [-0.1, -0.05) is 13.8 Å². The predicted molar refractivity (Wildman–Crippen MR) is 119 cm³/mol. The average molecular weight is 467 g/mol. The Morgan fingerprint density at radius 3 is 2.03 bits per heavy atom. The second-order valence-electron chi connectivity index (χ2n) is 9.31. The van der Waals surface area contributed by atoms with E-state index in [2.05, 4.69) is 0 Å². The van der Waals surface area contributed by atoms with E-state index < -0.39 is 15.6 Å². The summed E-state index contributed by atoms with van der Waals surface area (Å²) in [4.78, 5) is 12.8. The minimum absolute atomic E-state index is 0.0625. The van der Waals surface area contributed by atoms with Crippen molar-refractivity contribution in [2.75, 3.05) is 45.2 Å². The molecule has 10 heteroatoms. The van der Waals surface area contributed by atoms with Gasteiger partial charge < -0.3 is 24.6 Å². The number of carbonyl (C=O) groups is 1. The first kappa shape index (κ1) is 28.3. The van der Waals surface area contributed by atoms with Crippen LogP contribution in [0.4, 0.5) is 0 Å². The van der Waals surface area contributed by atoms with Gasteiger partial charge in [-0.05, 0) is 34.1 Å². The third kappa shape index (κ3) is 9.71. The second kappa shape index (κ2) is 12.5. The maximum Gasteiger partial charge on any atom is 0.225 e. The van der Waals surface area contributed by atoms with Crippen molar-refractivity contribution < 1.29 is 32.9 Å². The first-order valence-corrected chi connectivity index (χ1v) is 12.8. The van der Waals surface area contributed by atoms with Gasteiger partial charge in [0.05, 0.1) is 31.2 Å². The smallest absolute Gasteiger partial charge is 0.225 e. The van der Waals surface area contributed by atoms with Crippen molar-refractivity contribution in [3.8, 4) is 0 Å². The van der Waals surface area contributed by atoms with E-state index in [-0.39, 0.29) is 30.1 Å². The van der Waals surface area contributed by atoms with Crippen molar-refractivity contribution >= 4 is 15.9 Å². The van der Waals surface area contributed by atoms with Gasteiger partial charge in [0.15, 0.2) is 0 Å². The molecule has 3 heterocycles. The third-order valence-corrected chi connectivity index (χ3v) is 7.27. The van der Waals surface area contributed by atoms with Crippen LogP contribution in [0.15, 0.2) is 0 Å². The van der Waals surface area contributed by atoms with Crippen LogP contribution in [0.3, 0.4) is 0 Å². The molecule has 0 atom stereocenters. The largest absolute Gasteiger partial charge is 0.389 e. The number of nitrogens with zero attached hydrogens (tertiary/aromatic N) is 2. The standard InChI is InChI=1S/C8H16O3.C7H13NO2.C6H13NO2S/c1-7(2)11-4-3-8(9)5-10-6-8;1-5(2)7(10)8-3-6(9)4-8;1-6(2)7-4-3-5-10(7,8)9/h7,9H,3-6H2,1-2H3;5-6,9H,3-4H2,1-2H3;6H,3-5H2,1-2H3. The number of β-amino-alcohol motifs (C(OH)–C–C–N with tert-alkyl or cyclic N) is 1. The highest BCUT2D eigenvalue weighted by Gasteiger charge is 2.35. The third-order valence-electron chi connectivity index (χ3n) is 5.14. The van der Waals surface area contributed by atoms with Gasteiger partial charge in [0.2, 0.25) is 15.9 Å². The molecule has 0 unspecified atom stereocenters. The zero-order chi connectivity index (χ0) is 23.8. The molecule has 3 rings (SSSR count). The summed E-state index contributed by atoms with van der Waals surface area (Å²) in [6.45, 7) is 14.8. The molecular formula is C21H42N2O7S. The molecule has 0 saturated carbocycles. The molecule has 0 bridgehead atoms. The summed E-state index contributed by atoms with van der Waals surface area (Å²) in [5.74, 6) is 0.545. The van der Waals surface area contributed by atoms with Gasteiger partial charge in [0.25, 0.3) is 0 Å². The fourth-order valence-electron chi connectivity index (χ4n) is 3.21. The average Bonchev–Trinajstić information content (AvgIpc) is 2.97. The summed E-state index contributed by atoms with van der Waals surface area (Å²) in [7, 11) is -2.85. The SMILES string of the molecule is CC(C)C(=O)N1CC(O)C1.CC(C)N1CCCS1(=O)=O.CC(C)OCCC1(O)COC1. The molecule has 0 aromatic heterocycles. The lowest BCUT2D eigenvalue weighted by Gasteiger charge is -2.36. The molecule has 31 heavy (non-hydrogen) atoms. The van der Waals surface area contributed by atoms with Crippen LogP contribution in [0.2, 0.25) is 0 Å². The molecule has 0 spiro atoms. The van der Waals surface area contributed by atoms with Crippen LogP contribution in [0, 0.1) is 5.92 Å². The molecule has 184 valence electrons. The minimum Gasteiger partial charge on any atom is -0.389 e. The summed E-state index contributed by atoms with van der Waals surface area (Å²) >= 11 is 0. The van der Waals surface area contributed by atoms with Gasteiger partial charge in [-0.2, -0.15) is 4.31 Å². The van der Waals surface area contributed by atoms with E-state index in [0.29, 0.717) is 51.6 Å². The van der Waals surface area contributed by atoms with Crippen molar-refractivity contribution in [2.45, 2.75) is 78.2 Å². The lowest BCUT2D eigenvalue weighted by molar-refractivity contribution is -0.188. The minimum atomic E-state index is -2.85. The quantitative estimate of drug-likeness (QED) is 0.596. The van der Waals surface area contributed by atoms with Crippen molar-refractivity contribution in [3.63, 3.8) is 0 Å². The number of hydrogen-bond donors (Lipinski definition) is 2. The van der Waals surface area contributed by atoms with Gasteiger partial charge in [0, 0.05) is 44.6 Å². The monoisotopic (exact) mass is 466 g/mol. The summed E-state index contributed by atoms with van der Waals surface area (Å²) in [5, 5.41) is 18.4. The van der Waals surface area contributed by atoms with Crippen LogP contribution in [-0.2, 0) is 24.3 Å². The normalized spacial score (nSPS) is 22.4. The van der Waals surface area contributed by atoms with E-state index in [1.807, 2.05) is 41.5 Å². The van der Waals surface area contributed by atoms with E-state index in [0.717, 1.165) is 6.42 Å². The van der Waals surface area contributed by atoms with Crippen LogP contribution in [0.5, 0.6) is 0 Å². The fourth-order valence-corrected chi connectivity index (χ4v) is 4.98. The lowest BCUT2D eigenvalue weighted by Crippen LogP contribution is -2.54. The molecular weight excluding hydrogens is 424 g/mol. The Morgan fingerprint density at radius 1 is 1.16 bits per heavy atom. The van der Waals surface area contributed by atoms with Crippen molar-refractivity contribution in [1.82, 2.24) is 9.21 Å². The Kier molecular flexibility index (Phi) is 11.4. The van der Waals surface area contributed by atoms with Gasteiger partial charge in [0.1, 0.15) is 5.60 Å². The maximum atomic E-state index is 11.1. The number of aliphatic hydroxyl groups is 2. The molecule has 1 amide bonds. The molecule has 3 aliphatic heterocycles. The summed E-state index contributed by atoms with van der Waals surface area (Å²) in [5.41, 5.74) is -0.588. The second-order valence-corrected chi connectivity index (χ2v) is 11.4. The Hall–Kier alpha value is -0.780. The van der Waals surface area contributed by atoms with E-state index in [4.69, 9.17) is 14.6 Å². The molecule has 3 fully saturated rings. The number of rotatable bonds is 6. The first-order chi connectivity index (χ1) is 14.3. The van der Waals surface area contributed by atoms with Crippen LogP contribution < -0.4 is 0 Å². The number of carbonyl (C=O) groups excluding carboxylic acids is 1. The molecule has 2 N–H and O–H groups in total. The Morgan fingerprint density at radius 2 is 1.74 bits per heavy atom. The fraction of sp³-hybridized carbons (Fsp3) is 0.952. The van der Waals surface area contributed by atoms with Gasteiger partial charge >= 0.3 is 0 Å². The van der Waals surface area contributed by atoms with Crippen LogP contribution in [-0.4, -0.2) is 103 Å². The molecule has 9 nitrogen and oxygen atoms in total. The first-order valence-electron chi connectivity index (χ1n) is 11.2. The zero-order valence-electron chi connectivity index (χ0n) is 19.9.